The van der Waals surface area contributed by atoms with E-state index in [1.54, 1.807) is 0 Å². The van der Waals surface area contributed by atoms with Crippen molar-refractivity contribution in [1.29, 1.82) is 0 Å². The zero-order valence-corrected chi connectivity index (χ0v) is 18.8. The normalized spacial score (nSPS) is 18.9. The quantitative estimate of drug-likeness (QED) is 0.0882. The van der Waals surface area contributed by atoms with E-state index in [4.69, 9.17) is 0 Å². The summed E-state index contributed by atoms with van der Waals surface area (Å²) in [5.74, 6) is -5.51. The summed E-state index contributed by atoms with van der Waals surface area (Å²) in [5.41, 5.74) is -1.72. The van der Waals surface area contributed by atoms with Crippen molar-refractivity contribution in [3.8, 4) is 0 Å². The molecule has 4 amide bonds. The lowest BCUT2D eigenvalue weighted by atomic mass is 9.84. The van der Waals surface area contributed by atoms with Crippen LogP contribution in [0.1, 0.15) is 19.8 Å². The van der Waals surface area contributed by atoms with Gasteiger partial charge in [0.05, 0.1) is 24.4 Å². The Hall–Kier alpha value is -2.52. The molecule has 1 aliphatic rings. The minimum Gasteiger partial charge on any atom is -0.480 e. The Labute approximate surface area is 194 Å². The van der Waals surface area contributed by atoms with Gasteiger partial charge in [0.25, 0.3) is 11.8 Å². The van der Waals surface area contributed by atoms with E-state index >= 15 is 0 Å². The molecule has 0 fully saturated rings. The fourth-order valence-electron chi connectivity index (χ4n) is 2.99. The lowest BCUT2D eigenvalue weighted by Crippen LogP contribution is -2.52. The molecule has 0 radical (unpaired) electrons. The molecule has 5 atom stereocenters. The average Bonchev–Trinajstić information content (AvgIpc) is 3.06. The number of carbonyl (C=O) groups is 5. The molecule has 1 aliphatic heterocycles. The van der Waals surface area contributed by atoms with Crippen molar-refractivity contribution in [3.05, 3.63) is 12.2 Å². The van der Waals surface area contributed by atoms with Crippen LogP contribution in [0, 0.1) is 5.92 Å². The Kier molecular flexibility index (Phi) is 10.9. The molecule has 0 bridgehead atoms. The van der Waals surface area contributed by atoms with Crippen LogP contribution in [0.25, 0.3) is 0 Å². The van der Waals surface area contributed by atoms with Gasteiger partial charge < -0.3 is 36.2 Å². The van der Waals surface area contributed by atoms with E-state index in [1.807, 2.05) is 0 Å². The third-order valence-corrected chi connectivity index (χ3v) is 5.52. The van der Waals surface area contributed by atoms with E-state index in [-0.39, 0.29) is 18.6 Å². The lowest BCUT2D eigenvalue weighted by Gasteiger charge is -2.35. The number of hydrogen-bond acceptors (Lipinski definition) is 10. The molecular weight excluding hydrogens is 462 g/mol. The largest absolute Gasteiger partial charge is 0.480 e. The van der Waals surface area contributed by atoms with Crippen LogP contribution in [0.5, 0.6) is 0 Å². The molecule has 1 rings (SSSR count). The fourth-order valence-corrected chi connectivity index (χ4v) is 3.60. The highest BCUT2D eigenvalue weighted by Crippen LogP contribution is 2.23. The Morgan fingerprint density at radius 2 is 1.73 bits per heavy atom. The van der Waals surface area contributed by atoms with Crippen molar-refractivity contribution in [1.82, 2.24) is 15.5 Å². The van der Waals surface area contributed by atoms with Gasteiger partial charge in [-0.15, -0.1) is 0 Å². The monoisotopic (exact) mass is 491 g/mol. The SMILES string of the molecule is C[C@](O)(CO)[C@@H](CS)[C@H](O)[C@@H](O)CNC(=O)CC[C@H](NC(=O)CN1C(=O)C=CC1=O)C(=O)O. The summed E-state index contributed by atoms with van der Waals surface area (Å²) in [6.45, 7) is -0.529. The number of aliphatic hydroxyl groups is 4. The van der Waals surface area contributed by atoms with Gasteiger partial charge >= 0.3 is 5.97 Å². The third-order valence-electron chi connectivity index (χ3n) is 5.13. The van der Waals surface area contributed by atoms with E-state index in [0.29, 0.717) is 4.90 Å². The summed E-state index contributed by atoms with van der Waals surface area (Å²) in [5, 5.41) is 53.2. The predicted octanol–water partition coefficient (Wildman–Crippen LogP) is -3.61. The second-order valence-electron chi connectivity index (χ2n) is 7.76. The van der Waals surface area contributed by atoms with Crippen LogP contribution in [0.2, 0.25) is 0 Å². The Balaban J connectivity index is 2.52. The zero-order valence-electron chi connectivity index (χ0n) is 17.9. The van der Waals surface area contributed by atoms with Crippen LogP contribution >= 0.6 is 12.6 Å². The summed E-state index contributed by atoms with van der Waals surface area (Å²) in [6, 6.07) is -1.48. The smallest absolute Gasteiger partial charge is 0.326 e. The minimum absolute atomic E-state index is 0.0651. The maximum atomic E-state index is 12.0. The number of rotatable bonds is 14. The first-order valence-electron chi connectivity index (χ1n) is 9.96. The van der Waals surface area contributed by atoms with Gasteiger partial charge in [-0.05, 0) is 19.1 Å². The molecule has 0 aliphatic carbocycles. The number of nitrogens with zero attached hydrogens (tertiary/aromatic N) is 1. The number of amides is 4. The Morgan fingerprint density at radius 3 is 2.21 bits per heavy atom. The number of carboxylic acids is 1. The molecule has 0 unspecified atom stereocenters. The molecule has 0 aromatic rings. The van der Waals surface area contributed by atoms with Gasteiger partial charge in [-0.3, -0.25) is 24.1 Å². The molecule has 0 aromatic heterocycles. The number of carbonyl (C=O) groups excluding carboxylic acids is 4. The van der Waals surface area contributed by atoms with Crippen molar-refractivity contribution in [2.24, 2.45) is 5.92 Å². The highest BCUT2D eigenvalue weighted by molar-refractivity contribution is 7.80. The van der Waals surface area contributed by atoms with Gasteiger partial charge in [-0.1, -0.05) is 0 Å². The van der Waals surface area contributed by atoms with Gasteiger partial charge in [0.2, 0.25) is 11.8 Å². The van der Waals surface area contributed by atoms with E-state index in [9.17, 15) is 49.5 Å². The number of aliphatic carboxylic acids is 1. The van der Waals surface area contributed by atoms with Crippen molar-refractivity contribution in [2.45, 2.75) is 43.6 Å². The van der Waals surface area contributed by atoms with Crippen molar-refractivity contribution < 1.29 is 49.5 Å². The summed E-state index contributed by atoms with van der Waals surface area (Å²) < 4.78 is 0. The predicted molar refractivity (Wildman–Crippen MR) is 115 cm³/mol. The number of aliphatic hydroxyl groups excluding tert-OH is 3. The number of imide groups is 1. The van der Waals surface area contributed by atoms with Gasteiger partial charge in [0.15, 0.2) is 0 Å². The maximum Gasteiger partial charge on any atom is 0.326 e. The van der Waals surface area contributed by atoms with Crippen LogP contribution in [0.3, 0.4) is 0 Å². The second kappa shape index (κ2) is 12.6. The average molecular weight is 492 g/mol. The van der Waals surface area contributed by atoms with Crippen LogP contribution in [-0.2, 0) is 24.0 Å². The fraction of sp³-hybridized carbons (Fsp3) is 0.632. The molecule has 0 saturated heterocycles. The van der Waals surface area contributed by atoms with Crippen molar-refractivity contribution in [2.75, 3.05) is 25.4 Å². The molecule has 1 heterocycles. The van der Waals surface area contributed by atoms with E-state index in [2.05, 4.69) is 23.3 Å². The van der Waals surface area contributed by atoms with Gasteiger partial charge in [-0.25, -0.2) is 4.79 Å². The van der Waals surface area contributed by atoms with Crippen molar-refractivity contribution in [3.63, 3.8) is 0 Å². The van der Waals surface area contributed by atoms with E-state index in [1.165, 1.54) is 6.92 Å². The Morgan fingerprint density at radius 1 is 1.15 bits per heavy atom. The topological polar surface area (TPSA) is 214 Å². The molecule has 14 heteroatoms. The molecule has 33 heavy (non-hydrogen) atoms. The van der Waals surface area contributed by atoms with Gasteiger partial charge in [0, 0.05) is 31.0 Å². The highest BCUT2D eigenvalue weighted by atomic mass is 32.1. The third kappa shape index (κ3) is 8.40. The van der Waals surface area contributed by atoms with Crippen LogP contribution in [0.15, 0.2) is 12.2 Å². The number of thiol groups is 1. The van der Waals surface area contributed by atoms with Crippen molar-refractivity contribution >= 4 is 42.2 Å². The van der Waals surface area contributed by atoms with E-state index < -0.39 is 79.1 Å². The summed E-state index contributed by atoms with van der Waals surface area (Å²) in [6.07, 6.45) is -1.78. The number of nitrogens with one attached hydrogen (secondary N) is 2. The van der Waals surface area contributed by atoms with Crippen LogP contribution in [0.4, 0.5) is 0 Å². The molecule has 7 N–H and O–H groups in total. The lowest BCUT2D eigenvalue weighted by molar-refractivity contribution is -0.143. The van der Waals surface area contributed by atoms with Gasteiger partial charge in [0.1, 0.15) is 12.6 Å². The number of carboxylic acid groups (broad SMARTS) is 1. The highest BCUT2D eigenvalue weighted by Gasteiger charge is 2.39. The summed E-state index contributed by atoms with van der Waals surface area (Å²) in [4.78, 5) is 58.9. The summed E-state index contributed by atoms with van der Waals surface area (Å²) in [7, 11) is 0. The van der Waals surface area contributed by atoms with Crippen LogP contribution < -0.4 is 10.6 Å². The molecule has 0 aromatic carbocycles. The summed E-state index contributed by atoms with van der Waals surface area (Å²) >= 11 is 3.99. The zero-order chi connectivity index (χ0) is 25.3. The molecular formula is C19H29N3O10S. The van der Waals surface area contributed by atoms with E-state index in [0.717, 1.165) is 12.2 Å². The minimum atomic E-state index is -1.72. The standard InChI is InChI=1S/C19H29N3O10S/c1-19(32,9-23)10(8-33)17(29)12(24)6-20-13(25)3-2-11(18(30)31)21-14(26)7-22-15(27)4-5-16(22)28/h4-5,10-12,17,23-24,29,32-33H,2-3,6-9H2,1H3,(H,20,25)(H,21,26)(H,30,31)/t10-,11-,12-,17-,19-/m0/s1. The molecule has 0 spiro atoms. The second-order valence-corrected chi connectivity index (χ2v) is 8.12. The molecule has 186 valence electrons. The first-order valence-corrected chi connectivity index (χ1v) is 10.6. The molecule has 13 nitrogen and oxygen atoms in total. The number of hydrogen-bond donors (Lipinski definition) is 8. The van der Waals surface area contributed by atoms with Crippen LogP contribution in [-0.4, -0.2) is 109 Å². The maximum absolute atomic E-state index is 12.0. The first kappa shape index (κ1) is 28.5. The Bertz CT molecular complexity index is 770. The molecule has 0 saturated carbocycles. The van der Waals surface area contributed by atoms with Gasteiger partial charge in [-0.2, -0.15) is 12.6 Å². The first-order chi connectivity index (χ1) is 15.3.